The van der Waals surface area contributed by atoms with Crippen LogP contribution in [0.5, 0.6) is 0 Å². The Hall–Kier alpha value is -2.67. The lowest BCUT2D eigenvalue weighted by Crippen LogP contribution is -2.56. The number of carbonyl (C=O) groups is 1. The normalized spacial score (nSPS) is 20.2. The predicted molar refractivity (Wildman–Crippen MR) is 99.9 cm³/mol. The van der Waals surface area contributed by atoms with Crippen molar-refractivity contribution in [2.24, 2.45) is 5.10 Å². The Bertz CT molecular complexity index is 900. The van der Waals surface area contributed by atoms with Crippen molar-refractivity contribution in [1.82, 2.24) is 5.01 Å². The van der Waals surface area contributed by atoms with Gasteiger partial charge < -0.3 is 5.11 Å². The SMILES string of the molecule is CC(C)(C)c1ccc(C(=O)N2N=C(c3ccccc3)C[C@@]2(O)C(F)(F)F)cc1. The van der Waals surface area contributed by atoms with Gasteiger partial charge in [0.15, 0.2) is 0 Å². The van der Waals surface area contributed by atoms with Gasteiger partial charge in [0.25, 0.3) is 11.6 Å². The Morgan fingerprint density at radius 2 is 1.61 bits per heavy atom. The van der Waals surface area contributed by atoms with Gasteiger partial charge in [-0.15, -0.1) is 0 Å². The summed E-state index contributed by atoms with van der Waals surface area (Å²) >= 11 is 0. The molecule has 4 nitrogen and oxygen atoms in total. The Morgan fingerprint density at radius 1 is 1.04 bits per heavy atom. The number of rotatable bonds is 2. The van der Waals surface area contributed by atoms with Gasteiger partial charge in [-0.25, -0.2) is 0 Å². The number of benzene rings is 2. The van der Waals surface area contributed by atoms with E-state index in [0.717, 1.165) is 5.56 Å². The maximum atomic E-state index is 13.7. The van der Waals surface area contributed by atoms with Gasteiger partial charge in [-0.05, 0) is 28.7 Å². The monoisotopic (exact) mass is 390 g/mol. The predicted octanol–water partition coefficient (Wildman–Crippen LogP) is 4.49. The van der Waals surface area contributed by atoms with Crippen molar-refractivity contribution in [1.29, 1.82) is 0 Å². The zero-order chi connectivity index (χ0) is 20.7. The molecule has 0 fully saturated rings. The van der Waals surface area contributed by atoms with Gasteiger partial charge in [-0.2, -0.15) is 23.3 Å². The highest BCUT2D eigenvalue weighted by Gasteiger charge is 2.63. The molecule has 1 aliphatic heterocycles. The highest BCUT2D eigenvalue weighted by Crippen LogP contribution is 2.42. The van der Waals surface area contributed by atoms with E-state index in [1.807, 2.05) is 20.8 Å². The van der Waals surface area contributed by atoms with Crippen molar-refractivity contribution in [2.75, 3.05) is 0 Å². The number of carbonyl (C=O) groups excluding carboxylic acids is 1. The average molecular weight is 390 g/mol. The number of aliphatic hydroxyl groups is 1. The van der Waals surface area contributed by atoms with Gasteiger partial charge >= 0.3 is 6.18 Å². The first-order chi connectivity index (χ1) is 12.9. The van der Waals surface area contributed by atoms with Crippen molar-refractivity contribution in [2.45, 2.75) is 44.5 Å². The van der Waals surface area contributed by atoms with Crippen LogP contribution in [0.3, 0.4) is 0 Å². The summed E-state index contributed by atoms with van der Waals surface area (Å²) in [6, 6.07) is 14.5. The second kappa shape index (κ2) is 6.74. The molecule has 3 rings (SSSR count). The molecule has 1 atom stereocenters. The first kappa shape index (κ1) is 20.1. The van der Waals surface area contributed by atoms with Crippen LogP contribution in [0, 0.1) is 0 Å². The van der Waals surface area contributed by atoms with Gasteiger partial charge in [0.05, 0.1) is 12.1 Å². The van der Waals surface area contributed by atoms with Crippen LogP contribution >= 0.6 is 0 Å². The number of hydrogen-bond donors (Lipinski definition) is 1. The molecule has 1 N–H and O–H groups in total. The van der Waals surface area contributed by atoms with Gasteiger partial charge in [0.2, 0.25) is 0 Å². The molecule has 7 heteroatoms. The molecule has 0 spiro atoms. The van der Waals surface area contributed by atoms with Crippen LogP contribution in [0.2, 0.25) is 0 Å². The van der Waals surface area contributed by atoms with Crippen LogP contribution in [0.1, 0.15) is 48.7 Å². The molecule has 0 radical (unpaired) electrons. The van der Waals surface area contributed by atoms with Crippen molar-refractivity contribution >= 4 is 11.6 Å². The van der Waals surface area contributed by atoms with E-state index in [1.165, 1.54) is 12.1 Å². The minimum Gasteiger partial charge on any atom is -0.362 e. The van der Waals surface area contributed by atoms with Crippen LogP contribution in [0.4, 0.5) is 13.2 Å². The lowest BCUT2D eigenvalue weighted by Gasteiger charge is -2.32. The average Bonchev–Trinajstić information content (AvgIpc) is 3.00. The van der Waals surface area contributed by atoms with Gasteiger partial charge in [-0.3, -0.25) is 4.79 Å². The molecule has 0 aromatic heterocycles. The lowest BCUT2D eigenvalue weighted by molar-refractivity contribution is -0.297. The van der Waals surface area contributed by atoms with Crippen LogP contribution in [-0.4, -0.2) is 33.6 Å². The van der Waals surface area contributed by atoms with Crippen LogP contribution in [0.25, 0.3) is 0 Å². The fraction of sp³-hybridized carbons (Fsp3) is 0.333. The molecule has 1 aliphatic rings. The highest BCUT2D eigenvalue weighted by molar-refractivity contribution is 6.05. The number of alkyl halides is 3. The third-order valence-corrected chi connectivity index (χ3v) is 4.74. The lowest BCUT2D eigenvalue weighted by atomic mass is 9.86. The molecular formula is C21H21F3N2O2. The topological polar surface area (TPSA) is 52.9 Å². The third kappa shape index (κ3) is 3.54. The van der Waals surface area contributed by atoms with E-state index >= 15 is 0 Å². The summed E-state index contributed by atoms with van der Waals surface area (Å²) in [5.74, 6) is -1.01. The Kier molecular flexibility index (Phi) is 4.83. The summed E-state index contributed by atoms with van der Waals surface area (Å²) in [4.78, 5) is 12.8. The highest BCUT2D eigenvalue weighted by atomic mass is 19.4. The minimum atomic E-state index is -5.06. The van der Waals surface area contributed by atoms with Crippen molar-refractivity contribution in [3.63, 3.8) is 0 Å². The molecule has 0 aliphatic carbocycles. The minimum absolute atomic E-state index is 0.0000803. The van der Waals surface area contributed by atoms with E-state index in [1.54, 1.807) is 42.5 Å². The molecule has 2 aromatic carbocycles. The third-order valence-electron chi connectivity index (χ3n) is 4.74. The zero-order valence-electron chi connectivity index (χ0n) is 15.8. The summed E-state index contributed by atoms with van der Waals surface area (Å²) < 4.78 is 41.0. The second-order valence-electron chi connectivity index (χ2n) is 7.85. The molecule has 0 saturated carbocycles. The summed E-state index contributed by atoms with van der Waals surface area (Å²) in [5.41, 5.74) is -2.18. The molecule has 2 aromatic rings. The molecular weight excluding hydrogens is 369 g/mol. The fourth-order valence-electron chi connectivity index (χ4n) is 3.01. The van der Waals surface area contributed by atoms with E-state index in [9.17, 15) is 23.1 Å². The van der Waals surface area contributed by atoms with E-state index in [0.29, 0.717) is 5.56 Å². The zero-order valence-corrected chi connectivity index (χ0v) is 15.8. The largest absolute Gasteiger partial charge is 0.438 e. The number of halogens is 3. The molecule has 1 heterocycles. The molecule has 28 heavy (non-hydrogen) atoms. The molecule has 0 unspecified atom stereocenters. The van der Waals surface area contributed by atoms with Gasteiger partial charge in [0.1, 0.15) is 0 Å². The Morgan fingerprint density at radius 3 is 2.11 bits per heavy atom. The quantitative estimate of drug-likeness (QED) is 0.822. The number of hydrazone groups is 1. The Balaban J connectivity index is 2.00. The van der Waals surface area contributed by atoms with E-state index in [4.69, 9.17) is 0 Å². The van der Waals surface area contributed by atoms with Crippen LogP contribution < -0.4 is 0 Å². The molecule has 0 saturated heterocycles. The summed E-state index contributed by atoms with van der Waals surface area (Å²) in [6.07, 6.45) is -5.89. The summed E-state index contributed by atoms with van der Waals surface area (Å²) in [5, 5.41) is 14.4. The van der Waals surface area contributed by atoms with Gasteiger partial charge in [0, 0.05) is 5.56 Å². The van der Waals surface area contributed by atoms with E-state index < -0.39 is 24.2 Å². The number of amides is 1. The smallest absolute Gasteiger partial charge is 0.362 e. The standard InChI is InChI=1S/C21H21F3N2O2/c1-19(2,3)16-11-9-15(10-12-16)18(27)26-20(28,21(22,23)24)13-17(25-26)14-7-5-4-6-8-14/h4-12,28H,13H2,1-3H3/t20-/m1/s1. The summed E-state index contributed by atoms with van der Waals surface area (Å²) in [6.45, 7) is 5.97. The first-order valence-corrected chi connectivity index (χ1v) is 8.80. The van der Waals surface area contributed by atoms with E-state index in [2.05, 4.69) is 5.10 Å². The van der Waals surface area contributed by atoms with E-state index in [-0.39, 0.29) is 21.7 Å². The first-order valence-electron chi connectivity index (χ1n) is 8.80. The van der Waals surface area contributed by atoms with Crippen LogP contribution in [-0.2, 0) is 5.41 Å². The second-order valence-corrected chi connectivity index (χ2v) is 7.85. The van der Waals surface area contributed by atoms with Crippen LogP contribution in [0.15, 0.2) is 59.7 Å². The molecule has 0 bridgehead atoms. The fourth-order valence-corrected chi connectivity index (χ4v) is 3.01. The van der Waals surface area contributed by atoms with Gasteiger partial charge in [-0.1, -0.05) is 63.2 Å². The van der Waals surface area contributed by atoms with Crippen molar-refractivity contribution in [3.05, 3.63) is 71.3 Å². The van der Waals surface area contributed by atoms with Crippen molar-refractivity contribution < 1.29 is 23.1 Å². The Labute approximate surface area is 161 Å². The maximum Gasteiger partial charge on any atom is 0.438 e. The van der Waals surface area contributed by atoms with Crippen molar-refractivity contribution in [3.8, 4) is 0 Å². The number of nitrogens with zero attached hydrogens (tertiary/aromatic N) is 2. The number of hydrogen-bond acceptors (Lipinski definition) is 3. The summed E-state index contributed by atoms with van der Waals surface area (Å²) in [7, 11) is 0. The molecule has 1 amide bonds. The maximum absolute atomic E-state index is 13.7. The molecule has 148 valence electrons.